The zero-order valence-electron chi connectivity index (χ0n) is 16.7. The van der Waals surface area contributed by atoms with E-state index in [0.29, 0.717) is 17.6 Å². The number of halogens is 1. The number of hydrogen-bond donors (Lipinski definition) is 2. The van der Waals surface area contributed by atoms with Crippen molar-refractivity contribution < 1.29 is 4.74 Å². The number of nitrogens with one attached hydrogen (secondary N) is 2. The summed E-state index contributed by atoms with van der Waals surface area (Å²) in [6.45, 7) is 6.51. The van der Waals surface area contributed by atoms with E-state index in [4.69, 9.17) is 16.3 Å². The van der Waals surface area contributed by atoms with E-state index in [1.807, 2.05) is 38.1 Å². The molecule has 0 aliphatic carbocycles. The highest BCUT2D eigenvalue weighted by Gasteiger charge is 2.25. The molecular formula is C21H28ClN5O. The van der Waals surface area contributed by atoms with Gasteiger partial charge in [0.25, 0.3) is 0 Å². The van der Waals surface area contributed by atoms with Crippen LogP contribution in [0.1, 0.15) is 25.8 Å². The van der Waals surface area contributed by atoms with Gasteiger partial charge in [-0.3, -0.25) is 4.99 Å². The Balaban J connectivity index is 1.49. The molecule has 0 bridgehead atoms. The fourth-order valence-electron chi connectivity index (χ4n) is 3.21. The zero-order chi connectivity index (χ0) is 19.9. The van der Waals surface area contributed by atoms with E-state index >= 15 is 0 Å². The molecule has 1 atom stereocenters. The van der Waals surface area contributed by atoms with Gasteiger partial charge in [-0.15, -0.1) is 0 Å². The lowest BCUT2D eigenvalue weighted by Crippen LogP contribution is -2.44. The summed E-state index contributed by atoms with van der Waals surface area (Å²) in [4.78, 5) is 11.0. The molecule has 0 spiro atoms. The third-order valence-corrected chi connectivity index (χ3v) is 4.84. The van der Waals surface area contributed by atoms with E-state index in [-0.39, 0.29) is 6.10 Å². The highest BCUT2D eigenvalue weighted by Crippen LogP contribution is 2.25. The van der Waals surface area contributed by atoms with Crippen LogP contribution in [-0.2, 0) is 6.54 Å². The van der Waals surface area contributed by atoms with Crippen LogP contribution in [-0.4, -0.2) is 43.2 Å². The third-order valence-electron chi connectivity index (χ3n) is 4.55. The molecule has 1 aliphatic heterocycles. The number of pyridine rings is 1. The predicted octanol–water partition coefficient (Wildman–Crippen LogP) is 3.47. The molecule has 0 radical (unpaired) electrons. The van der Waals surface area contributed by atoms with Crippen molar-refractivity contribution in [3.63, 3.8) is 0 Å². The summed E-state index contributed by atoms with van der Waals surface area (Å²) in [5, 5.41) is 7.56. The van der Waals surface area contributed by atoms with E-state index < -0.39 is 0 Å². The van der Waals surface area contributed by atoms with Gasteiger partial charge in [0.05, 0.1) is 11.1 Å². The molecule has 2 heterocycles. The number of ether oxygens (including phenoxy) is 1. The fourth-order valence-corrected chi connectivity index (χ4v) is 3.45. The standard InChI is InChI=1S/C21H28ClN5O/c1-15(2)28-18-8-6-16(7-9-18)13-25-21(23-3)26-17-10-12-27(14-17)20-19(22)5-4-11-24-20/h4-9,11,15,17H,10,12-14H2,1-3H3,(H2,23,25,26). The van der Waals surface area contributed by atoms with Gasteiger partial charge in [-0.25, -0.2) is 4.98 Å². The molecule has 1 fully saturated rings. The van der Waals surface area contributed by atoms with Gasteiger partial charge in [-0.05, 0) is 50.1 Å². The summed E-state index contributed by atoms with van der Waals surface area (Å²) in [6.07, 6.45) is 2.97. The van der Waals surface area contributed by atoms with Crippen molar-refractivity contribution >= 4 is 23.4 Å². The minimum absolute atomic E-state index is 0.180. The van der Waals surface area contributed by atoms with Crippen LogP contribution in [0.25, 0.3) is 0 Å². The molecule has 1 aliphatic rings. The second kappa shape index (κ2) is 9.64. The Morgan fingerprint density at radius 2 is 2.11 bits per heavy atom. The van der Waals surface area contributed by atoms with Crippen LogP contribution in [0.15, 0.2) is 47.6 Å². The molecule has 1 aromatic heterocycles. The highest BCUT2D eigenvalue weighted by molar-refractivity contribution is 6.32. The molecule has 1 saturated heterocycles. The van der Waals surface area contributed by atoms with E-state index in [2.05, 4.69) is 37.6 Å². The number of guanidine groups is 1. The minimum atomic E-state index is 0.180. The van der Waals surface area contributed by atoms with E-state index in [1.165, 1.54) is 5.56 Å². The Bertz CT molecular complexity index is 794. The van der Waals surface area contributed by atoms with Gasteiger partial charge in [0.15, 0.2) is 5.96 Å². The van der Waals surface area contributed by atoms with Gasteiger partial charge in [0.2, 0.25) is 0 Å². The smallest absolute Gasteiger partial charge is 0.191 e. The lowest BCUT2D eigenvalue weighted by atomic mass is 10.2. The number of benzene rings is 1. The average molecular weight is 402 g/mol. The van der Waals surface area contributed by atoms with Crippen LogP contribution in [0.2, 0.25) is 5.02 Å². The highest BCUT2D eigenvalue weighted by atomic mass is 35.5. The molecule has 0 saturated carbocycles. The predicted molar refractivity (Wildman–Crippen MR) is 115 cm³/mol. The maximum Gasteiger partial charge on any atom is 0.191 e. The molecular weight excluding hydrogens is 374 g/mol. The van der Waals surface area contributed by atoms with Crippen LogP contribution in [0.5, 0.6) is 5.75 Å². The van der Waals surface area contributed by atoms with E-state index in [1.54, 1.807) is 13.2 Å². The lowest BCUT2D eigenvalue weighted by molar-refractivity contribution is 0.242. The lowest BCUT2D eigenvalue weighted by Gasteiger charge is -2.20. The van der Waals surface area contributed by atoms with Crippen molar-refractivity contribution in [1.82, 2.24) is 15.6 Å². The molecule has 150 valence electrons. The first-order valence-electron chi connectivity index (χ1n) is 9.63. The Labute approximate surface area is 172 Å². The number of nitrogens with zero attached hydrogens (tertiary/aromatic N) is 3. The molecule has 2 aromatic rings. The number of hydrogen-bond acceptors (Lipinski definition) is 4. The van der Waals surface area contributed by atoms with Gasteiger partial charge in [0, 0.05) is 38.9 Å². The second-order valence-corrected chi connectivity index (χ2v) is 7.53. The first-order valence-corrected chi connectivity index (χ1v) is 10.0. The van der Waals surface area contributed by atoms with Crippen LogP contribution >= 0.6 is 11.6 Å². The van der Waals surface area contributed by atoms with Crippen molar-refractivity contribution in [3.05, 3.63) is 53.2 Å². The maximum atomic E-state index is 6.27. The van der Waals surface area contributed by atoms with E-state index in [9.17, 15) is 0 Å². The summed E-state index contributed by atoms with van der Waals surface area (Å²) in [5.41, 5.74) is 1.17. The molecule has 7 heteroatoms. The number of aliphatic imine (C=N–C) groups is 1. The summed E-state index contributed by atoms with van der Waals surface area (Å²) in [7, 11) is 1.79. The van der Waals surface area contributed by atoms with Crippen molar-refractivity contribution in [2.75, 3.05) is 25.0 Å². The molecule has 3 rings (SSSR count). The van der Waals surface area contributed by atoms with Gasteiger partial charge in [-0.1, -0.05) is 23.7 Å². The SMILES string of the molecule is CN=C(NCc1ccc(OC(C)C)cc1)NC1CCN(c2ncccc2Cl)C1. The van der Waals surface area contributed by atoms with Crippen molar-refractivity contribution in [1.29, 1.82) is 0 Å². The van der Waals surface area contributed by atoms with Gasteiger partial charge in [0.1, 0.15) is 11.6 Å². The molecule has 2 N–H and O–H groups in total. The number of rotatable bonds is 6. The van der Waals surface area contributed by atoms with Crippen molar-refractivity contribution in [2.24, 2.45) is 4.99 Å². The van der Waals surface area contributed by atoms with Crippen LogP contribution in [0.4, 0.5) is 5.82 Å². The fraction of sp³-hybridized carbons (Fsp3) is 0.429. The summed E-state index contributed by atoms with van der Waals surface area (Å²) in [5.74, 6) is 2.53. The Morgan fingerprint density at radius 3 is 2.79 bits per heavy atom. The summed E-state index contributed by atoms with van der Waals surface area (Å²) in [6, 6.07) is 12.2. The average Bonchev–Trinajstić information content (AvgIpc) is 3.14. The Hall–Kier alpha value is -2.47. The van der Waals surface area contributed by atoms with Crippen molar-refractivity contribution in [2.45, 2.75) is 39.0 Å². The Kier molecular flexibility index (Phi) is 6.98. The molecule has 0 amide bonds. The topological polar surface area (TPSA) is 61.8 Å². The minimum Gasteiger partial charge on any atom is -0.491 e. The molecule has 6 nitrogen and oxygen atoms in total. The second-order valence-electron chi connectivity index (χ2n) is 7.12. The molecule has 1 aromatic carbocycles. The number of anilines is 1. The zero-order valence-corrected chi connectivity index (χ0v) is 17.4. The summed E-state index contributed by atoms with van der Waals surface area (Å²) < 4.78 is 5.68. The number of aromatic nitrogens is 1. The van der Waals surface area contributed by atoms with Crippen LogP contribution < -0.4 is 20.3 Å². The normalized spacial score (nSPS) is 17.1. The maximum absolute atomic E-state index is 6.27. The third kappa shape index (κ3) is 5.52. The first-order chi connectivity index (χ1) is 13.5. The van der Waals surface area contributed by atoms with Crippen LogP contribution in [0.3, 0.4) is 0 Å². The van der Waals surface area contributed by atoms with Crippen molar-refractivity contribution in [3.8, 4) is 5.75 Å². The largest absolute Gasteiger partial charge is 0.491 e. The Morgan fingerprint density at radius 1 is 1.32 bits per heavy atom. The molecule has 28 heavy (non-hydrogen) atoms. The van der Waals surface area contributed by atoms with Gasteiger partial charge in [-0.2, -0.15) is 0 Å². The van der Waals surface area contributed by atoms with E-state index in [0.717, 1.165) is 37.0 Å². The quantitative estimate of drug-likeness (QED) is 0.573. The van der Waals surface area contributed by atoms with Crippen LogP contribution in [0, 0.1) is 0 Å². The van der Waals surface area contributed by atoms with Gasteiger partial charge >= 0.3 is 0 Å². The summed E-state index contributed by atoms with van der Waals surface area (Å²) >= 11 is 6.27. The molecule has 1 unspecified atom stereocenters. The monoisotopic (exact) mass is 401 g/mol. The van der Waals surface area contributed by atoms with Gasteiger partial charge < -0.3 is 20.3 Å². The first kappa shape index (κ1) is 20.3.